The van der Waals surface area contributed by atoms with E-state index in [1.165, 1.54) is 0 Å². The quantitative estimate of drug-likeness (QED) is 0.751. The number of aryl methyl sites for hydroxylation is 1. The minimum absolute atomic E-state index is 0.196. The fourth-order valence-corrected chi connectivity index (χ4v) is 1.68. The molecule has 0 aromatic heterocycles. The Morgan fingerprint density at radius 3 is 2.64 bits per heavy atom. The predicted octanol–water partition coefficient (Wildman–Crippen LogP) is 2.82. The Morgan fingerprint density at radius 2 is 2.14 bits per heavy atom. The van der Waals surface area contributed by atoms with Crippen LogP contribution < -0.4 is 4.74 Å². The summed E-state index contributed by atoms with van der Waals surface area (Å²) < 4.78 is 10.9. The summed E-state index contributed by atoms with van der Waals surface area (Å²) in [5, 5.41) is 0.665. The van der Waals surface area contributed by atoms with Gasteiger partial charge in [-0.1, -0.05) is 17.7 Å². The molecule has 0 atom stereocenters. The Balaban J connectivity index is 2.16. The molecule has 0 aliphatic carbocycles. The first kappa shape index (κ1) is 9.81. The standard InChI is InChI=1S/C11H13ClO2/c1-8-3-4-10(9(12)5-8)14-11(2)6-13-7-11/h3-5H,6-7H2,1-2H3. The van der Waals surface area contributed by atoms with Crippen molar-refractivity contribution in [2.75, 3.05) is 13.2 Å². The zero-order valence-corrected chi connectivity index (χ0v) is 9.10. The van der Waals surface area contributed by atoms with Crippen LogP contribution >= 0.6 is 11.6 Å². The van der Waals surface area contributed by atoms with Crippen LogP contribution in [0.1, 0.15) is 12.5 Å². The smallest absolute Gasteiger partial charge is 0.153 e. The molecule has 0 saturated carbocycles. The molecule has 1 aliphatic heterocycles. The van der Waals surface area contributed by atoms with Crippen molar-refractivity contribution in [1.29, 1.82) is 0 Å². The van der Waals surface area contributed by atoms with E-state index < -0.39 is 0 Å². The third kappa shape index (κ3) is 1.86. The zero-order chi connectivity index (χ0) is 10.2. The predicted molar refractivity (Wildman–Crippen MR) is 56.0 cm³/mol. The van der Waals surface area contributed by atoms with Crippen molar-refractivity contribution in [3.05, 3.63) is 28.8 Å². The van der Waals surface area contributed by atoms with Crippen LogP contribution in [0.4, 0.5) is 0 Å². The van der Waals surface area contributed by atoms with Gasteiger partial charge in [0.15, 0.2) is 5.60 Å². The highest BCUT2D eigenvalue weighted by molar-refractivity contribution is 6.32. The van der Waals surface area contributed by atoms with Gasteiger partial charge >= 0.3 is 0 Å². The second-order valence-corrected chi connectivity index (χ2v) is 4.39. The van der Waals surface area contributed by atoms with Crippen LogP contribution in [0, 0.1) is 6.92 Å². The highest BCUT2D eigenvalue weighted by atomic mass is 35.5. The van der Waals surface area contributed by atoms with E-state index in [9.17, 15) is 0 Å². The van der Waals surface area contributed by atoms with Crippen LogP contribution in [0.2, 0.25) is 5.02 Å². The second kappa shape index (κ2) is 3.44. The van der Waals surface area contributed by atoms with Gasteiger partial charge in [0.2, 0.25) is 0 Å². The molecule has 1 fully saturated rings. The van der Waals surface area contributed by atoms with Crippen molar-refractivity contribution in [1.82, 2.24) is 0 Å². The molecule has 1 heterocycles. The van der Waals surface area contributed by atoms with Gasteiger partial charge in [-0.3, -0.25) is 0 Å². The van der Waals surface area contributed by atoms with Gasteiger partial charge in [-0.25, -0.2) is 0 Å². The van der Waals surface area contributed by atoms with Crippen molar-refractivity contribution in [3.63, 3.8) is 0 Å². The maximum Gasteiger partial charge on any atom is 0.153 e. The van der Waals surface area contributed by atoms with Crippen LogP contribution in [-0.4, -0.2) is 18.8 Å². The van der Waals surface area contributed by atoms with E-state index >= 15 is 0 Å². The minimum atomic E-state index is -0.196. The SMILES string of the molecule is Cc1ccc(OC2(C)COC2)c(Cl)c1. The summed E-state index contributed by atoms with van der Waals surface area (Å²) in [5.41, 5.74) is 0.941. The van der Waals surface area contributed by atoms with Gasteiger partial charge in [0.05, 0.1) is 18.2 Å². The van der Waals surface area contributed by atoms with E-state index in [1.807, 2.05) is 32.0 Å². The average Bonchev–Trinajstić information content (AvgIpc) is 2.07. The number of ether oxygens (including phenoxy) is 2. The summed E-state index contributed by atoms with van der Waals surface area (Å²) in [6.45, 7) is 5.30. The van der Waals surface area contributed by atoms with Gasteiger partial charge in [-0.15, -0.1) is 0 Å². The van der Waals surface area contributed by atoms with Gasteiger partial charge in [0.1, 0.15) is 5.75 Å². The number of halogens is 1. The lowest BCUT2D eigenvalue weighted by Crippen LogP contribution is -2.51. The van der Waals surface area contributed by atoms with E-state index in [-0.39, 0.29) is 5.60 Å². The molecule has 0 bridgehead atoms. The van der Waals surface area contributed by atoms with Crippen molar-refractivity contribution in [2.24, 2.45) is 0 Å². The number of rotatable bonds is 2. The average molecular weight is 213 g/mol. The van der Waals surface area contributed by atoms with Gasteiger partial charge in [0, 0.05) is 0 Å². The third-order valence-electron chi connectivity index (χ3n) is 2.26. The molecule has 0 spiro atoms. The fraction of sp³-hybridized carbons (Fsp3) is 0.455. The minimum Gasteiger partial charge on any atom is -0.481 e. The molecule has 2 nitrogen and oxygen atoms in total. The van der Waals surface area contributed by atoms with Crippen LogP contribution in [0.15, 0.2) is 18.2 Å². The van der Waals surface area contributed by atoms with Crippen molar-refractivity contribution < 1.29 is 9.47 Å². The van der Waals surface area contributed by atoms with E-state index in [0.29, 0.717) is 18.2 Å². The van der Waals surface area contributed by atoms with Gasteiger partial charge in [-0.05, 0) is 31.5 Å². The maximum atomic E-state index is 6.05. The first-order valence-corrected chi connectivity index (χ1v) is 5.00. The first-order chi connectivity index (χ1) is 6.59. The lowest BCUT2D eigenvalue weighted by molar-refractivity contribution is -0.149. The van der Waals surface area contributed by atoms with Crippen LogP contribution in [0.5, 0.6) is 5.75 Å². The third-order valence-corrected chi connectivity index (χ3v) is 2.55. The first-order valence-electron chi connectivity index (χ1n) is 4.62. The molecule has 1 aromatic rings. The van der Waals surface area contributed by atoms with Crippen LogP contribution in [0.3, 0.4) is 0 Å². The molecular formula is C11H13ClO2. The molecule has 0 radical (unpaired) electrons. The van der Waals surface area contributed by atoms with E-state index in [2.05, 4.69) is 0 Å². The molecule has 0 unspecified atom stereocenters. The van der Waals surface area contributed by atoms with Crippen molar-refractivity contribution in [3.8, 4) is 5.75 Å². The largest absolute Gasteiger partial charge is 0.481 e. The summed E-state index contributed by atoms with van der Waals surface area (Å²) in [5.74, 6) is 0.739. The highest BCUT2D eigenvalue weighted by Gasteiger charge is 2.36. The number of benzene rings is 1. The fourth-order valence-electron chi connectivity index (χ4n) is 1.40. The lowest BCUT2D eigenvalue weighted by Gasteiger charge is -2.38. The molecule has 1 saturated heterocycles. The molecule has 0 amide bonds. The number of hydrogen-bond acceptors (Lipinski definition) is 2. The summed E-state index contributed by atoms with van der Waals surface area (Å²) >= 11 is 6.05. The van der Waals surface area contributed by atoms with Gasteiger partial charge in [0.25, 0.3) is 0 Å². The molecule has 2 rings (SSSR count). The number of hydrogen-bond donors (Lipinski definition) is 0. The normalized spacial score (nSPS) is 18.8. The molecular weight excluding hydrogens is 200 g/mol. The molecule has 3 heteroatoms. The molecule has 14 heavy (non-hydrogen) atoms. The summed E-state index contributed by atoms with van der Waals surface area (Å²) in [6.07, 6.45) is 0. The molecule has 1 aliphatic rings. The van der Waals surface area contributed by atoms with Crippen LogP contribution in [0.25, 0.3) is 0 Å². The Labute approximate surface area is 88.8 Å². The van der Waals surface area contributed by atoms with Crippen molar-refractivity contribution in [2.45, 2.75) is 19.4 Å². The second-order valence-electron chi connectivity index (χ2n) is 3.98. The van der Waals surface area contributed by atoms with Gasteiger partial charge in [-0.2, -0.15) is 0 Å². The van der Waals surface area contributed by atoms with Gasteiger partial charge < -0.3 is 9.47 Å². The summed E-state index contributed by atoms with van der Waals surface area (Å²) in [7, 11) is 0. The van der Waals surface area contributed by atoms with Crippen molar-refractivity contribution >= 4 is 11.6 Å². The Hall–Kier alpha value is -0.730. The Bertz CT molecular complexity index is 345. The Kier molecular flexibility index (Phi) is 2.41. The summed E-state index contributed by atoms with van der Waals surface area (Å²) in [6, 6.07) is 5.80. The van der Waals surface area contributed by atoms with E-state index in [1.54, 1.807) is 0 Å². The molecule has 0 N–H and O–H groups in total. The Morgan fingerprint density at radius 1 is 1.43 bits per heavy atom. The highest BCUT2D eigenvalue weighted by Crippen LogP contribution is 2.31. The zero-order valence-electron chi connectivity index (χ0n) is 8.34. The molecule has 76 valence electrons. The van der Waals surface area contributed by atoms with E-state index in [0.717, 1.165) is 11.3 Å². The lowest BCUT2D eigenvalue weighted by atomic mass is 10.1. The molecule has 1 aromatic carbocycles. The van der Waals surface area contributed by atoms with Crippen LogP contribution in [-0.2, 0) is 4.74 Å². The summed E-state index contributed by atoms with van der Waals surface area (Å²) in [4.78, 5) is 0. The topological polar surface area (TPSA) is 18.5 Å². The van der Waals surface area contributed by atoms with E-state index in [4.69, 9.17) is 21.1 Å². The maximum absolute atomic E-state index is 6.05. The monoisotopic (exact) mass is 212 g/mol.